The molecular formula is C17H23N5O3. The van der Waals surface area contributed by atoms with Crippen LogP contribution in [0.3, 0.4) is 0 Å². The summed E-state index contributed by atoms with van der Waals surface area (Å²) in [6, 6.07) is 1.83. The molecule has 0 spiro atoms. The van der Waals surface area contributed by atoms with Gasteiger partial charge in [0, 0.05) is 52.4 Å². The van der Waals surface area contributed by atoms with Gasteiger partial charge in [0.15, 0.2) is 11.9 Å². The van der Waals surface area contributed by atoms with Crippen molar-refractivity contribution >= 4 is 17.1 Å². The van der Waals surface area contributed by atoms with Crippen LogP contribution in [0.15, 0.2) is 18.6 Å². The predicted octanol–water partition coefficient (Wildman–Crippen LogP) is 0.489. The molecular weight excluding hydrogens is 322 g/mol. The van der Waals surface area contributed by atoms with E-state index in [0.29, 0.717) is 18.8 Å². The Morgan fingerprint density at radius 1 is 1.20 bits per heavy atom. The zero-order chi connectivity index (χ0) is 17.2. The lowest BCUT2D eigenvalue weighted by atomic mass is 10.2. The van der Waals surface area contributed by atoms with Gasteiger partial charge < -0.3 is 18.9 Å². The van der Waals surface area contributed by atoms with Gasteiger partial charge in [0.05, 0.1) is 25.1 Å². The summed E-state index contributed by atoms with van der Waals surface area (Å²) in [6.07, 6.45) is 4.18. The van der Waals surface area contributed by atoms with E-state index in [0.717, 1.165) is 50.3 Å². The van der Waals surface area contributed by atoms with Gasteiger partial charge in [-0.05, 0) is 6.07 Å². The summed E-state index contributed by atoms with van der Waals surface area (Å²) >= 11 is 0. The van der Waals surface area contributed by atoms with Gasteiger partial charge in [-0.2, -0.15) is 0 Å². The van der Waals surface area contributed by atoms with Crippen LogP contribution >= 0.6 is 0 Å². The quantitative estimate of drug-likeness (QED) is 0.803. The third-order valence-corrected chi connectivity index (χ3v) is 4.83. The van der Waals surface area contributed by atoms with Crippen molar-refractivity contribution in [3.8, 4) is 0 Å². The number of carbonyl (C=O) groups is 1. The molecule has 0 radical (unpaired) electrons. The van der Waals surface area contributed by atoms with Crippen molar-refractivity contribution in [2.24, 2.45) is 7.05 Å². The largest absolute Gasteiger partial charge is 0.350 e. The number of aryl methyl sites for hydroxylation is 1. The Balaban J connectivity index is 1.32. The van der Waals surface area contributed by atoms with E-state index in [-0.39, 0.29) is 12.2 Å². The maximum absolute atomic E-state index is 12.7. The average Bonchev–Trinajstić information content (AvgIpc) is 3.30. The van der Waals surface area contributed by atoms with E-state index in [1.165, 1.54) is 0 Å². The summed E-state index contributed by atoms with van der Waals surface area (Å²) in [5.41, 5.74) is 2.15. The number of rotatable bonds is 4. The number of hydrogen-bond acceptors (Lipinski definition) is 6. The molecule has 2 saturated heterocycles. The molecule has 0 aliphatic carbocycles. The summed E-state index contributed by atoms with van der Waals surface area (Å²) in [5.74, 6) is 0.0298. The minimum absolute atomic E-state index is 0.0298. The molecule has 0 atom stereocenters. The Hall–Kier alpha value is -2.03. The number of piperazine rings is 1. The zero-order valence-electron chi connectivity index (χ0n) is 14.4. The fourth-order valence-corrected chi connectivity index (χ4v) is 3.35. The van der Waals surface area contributed by atoms with Crippen LogP contribution in [-0.4, -0.2) is 82.5 Å². The molecule has 2 aromatic heterocycles. The van der Waals surface area contributed by atoms with E-state index in [1.54, 1.807) is 12.5 Å². The molecule has 2 aliphatic heterocycles. The molecule has 2 aromatic rings. The van der Waals surface area contributed by atoms with Gasteiger partial charge in [-0.15, -0.1) is 0 Å². The molecule has 2 fully saturated rings. The number of ether oxygens (including phenoxy) is 2. The second kappa shape index (κ2) is 7.07. The fourth-order valence-electron chi connectivity index (χ4n) is 3.35. The number of hydrogen-bond donors (Lipinski definition) is 0. The van der Waals surface area contributed by atoms with Crippen LogP contribution in [0.4, 0.5) is 0 Å². The van der Waals surface area contributed by atoms with Crippen molar-refractivity contribution in [2.75, 3.05) is 45.9 Å². The molecule has 134 valence electrons. The minimum Gasteiger partial charge on any atom is -0.350 e. The SMILES string of the molecule is Cn1cnc2cc(C(=O)N3CCN(CCC4OCCO4)CC3)cnc21. The van der Waals surface area contributed by atoms with Crippen molar-refractivity contribution in [1.82, 2.24) is 24.3 Å². The molecule has 4 heterocycles. The van der Waals surface area contributed by atoms with Crippen molar-refractivity contribution in [3.05, 3.63) is 24.2 Å². The van der Waals surface area contributed by atoms with Gasteiger partial charge in [-0.25, -0.2) is 9.97 Å². The number of fused-ring (bicyclic) bond motifs is 1. The van der Waals surface area contributed by atoms with Crippen LogP contribution < -0.4 is 0 Å². The summed E-state index contributed by atoms with van der Waals surface area (Å²) in [4.78, 5) is 25.6. The first kappa shape index (κ1) is 16.4. The average molecular weight is 345 g/mol. The van der Waals surface area contributed by atoms with E-state index in [1.807, 2.05) is 22.6 Å². The van der Waals surface area contributed by atoms with Gasteiger partial charge >= 0.3 is 0 Å². The normalized spacial score (nSPS) is 19.8. The van der Waals surface area contributed by atoms with Gasteiger partial charge in [0.2, 0.25) is 0 Å². The zero-order valence-corrected chi connectivity index (χ0v) is 14.4. The van der Waals surface area contributed by atoms with Crippen LogP contribution in [-0.2, 0) is 16.5 Å². The Morgan fingerprint density at radius 3 is 2.72 bits per heavy atom. The number of aromatic nitrogens is 3. The molecule has 0 unspecified atom stereocenters. The van der Waals surface area contributed by atoms with Crippen molar-refractivity contribution in [1.29, 1.82) is 0 Å². The lowest BCUT2D eigenvalue weighted by Gasteiger charge is -2.35. The standard InChI is InChI=1S/C17H23N5O3/c1-20-12-19-14-10-13(11-18-16(14)20)17(23)22-6-4-21(5-7-22)3-2-15-24-8-9-25-15/h10-12,15H,2-9H2,1H3. The molecule has 4 rings (SSSR count). The smallest absolute Gasteiger partial charge is 0.255 e. The Labute approximate surface area is 146 Å². The van der Waals surface area contributed by atoms with Crippen LogP contribution in [0.1, 0.15) is 16.8 Å². The van der Waals surface area contributed by atoms with Crippen LogP contribution in [0.25, 0.3) is 11.2 Å². The number of amides is 1. The highest BCUT2D eigenvalue weighted by Crippen LogP contribution is 2.15. The van der Waals surface area contributed by atoms with Gasteiger partial charge in [0.1, 0.15) is 5.52 Å². The number of carbonyl (C=O) groups excluding carboxylic acids is 1. The lowest BCUT2D eigenvalue weighted by Crippen LogP contribution is -2.49. The maximum atomic E-state index is 12.7. The summed E-state index contributed by atoms with van der Waals surface area (Å²) in [5, 5.41) is 0. The number of nitrogens with zero attached hydrogens (tertiary/aromatic N) is 5. The second-order valence-corrected chi connectivity index (χ2v) is 6.52. The van der Waals surface area contributed by atoms with Crippen LogP contribution in [0.5, 0.6) is 0 Å². The van der Waals surface area contributed by atoms with Crippen LogP contribution in [0.2, 0.25) is 0 Å². The Kier molecular flexibility index (Phi) is 4.65. The number of pyridine rings is 1. The maximum Gasteiger partial charge on any atom is 0.255 e. The predicted molar refractivity (Wildman–Crippen MR) is 91.2 cm³/mol. The third-order valence-electron chi connectivity index (χ3n) is 4.83. The first-order valence-electron chi connectivity index (χ1n) is 8.72. The number of imidazole rings is 1. The molecule has 0 bridgehead atoms. The van der Waals surface area contributed by atoms with Crippen molar-refractivity contribution in [2.45, 2.75) is 12.7 Å². The molecule has 0 aromatic carbocycles. The molecule has 8 nitrogen and oxygen atoms in total. The van der Waals surface area contributed by atoms with Crippen molar-refractivity contribution in [3.63, 3.8) is 0 Å². The molecule has 0 N–H and O–H groups in total. The highest BCUT2D eigenvalue weighted by atomic mass is 16.7. The van der Waals surface area contributed by atoms with E-state index >= 15 is 0 Å². The fraction of sp³-hybridized carbons (Fsp3) is 0.588. The van der Waals surface area contributed by atoms with Crippen LogP contribution in [0, 0.1) is 0 Å². The van der Waals surface area contributed by atoms with Crippen molar-refractivity contribution < 1.29 is 14.3 Å². The monoisotopic (exact) mass is 345 g/mol. The third kappa shape index (κ3) is 3.51. The first-order valence-corrected chi connectivity index (χ1v) is 8.72. The van der Waals surface area contributed by atoms with Gasteiger partial charge in [-0.3, -0.25) is 9.69 Å². The molecule has 2 aliphatic rings. The highest BCUT2D eigenvalue weighted by molar-refractivity contribution is 5.96. The second-order valence-electron chi connectivity index (χ2n) is 6.52. The lowest BCUT2D eigenvalue weighted by molar-refractivity contribution is -0.0529. The summed E-state index contributed by atoms with van der Waals surface area (Å²) in [7, 11) is 1.89. The van der Waals surface area contributed by atoms with Gasteiger partial charge in [0.25, 0.3) is 5.91 Å². The summed E-state index contributed by atoms with van der Waals surface area (Å²) in [6.45, 7) is 5.53. The van der Waals surface area contributed by atoms with E-state index in [2.05, 4.69) is 14.9 Å². The summed E-state index contributed by atoms with van der Waals surface area (Å²) < 4.78 is 12.8. The highest BCUT2D eigenvalue weighted by Gasteiger charge is 2.24. The first-order chi connectivity index (χ1) is 12.2. The Bertz CT molecular complexity index is 748. The van der Waals surface area contributed by atoms with E-state index in [9.17, 15) is 4.79 Å². The van der Waals surface area contributed by atoms with E-state index in [4.69, 9.17) is 9.47 Å². The molecule has 1 amide bonds. The molecule has 25 heavy (non-hydrogen) atoms. The molecule has 0 saturated carbocycles. The Morgan fingerprint density at radius 2 is 1.96 bits per heavy atom. The van der Waals surface area contributed by atoms with E-state index < -0.39 is 0 Å². The van der Waals surface area contributed by atoms with Gasteiger partial charge in [-0.1, -0.05) is 0 Å². The topological polar surface area (TPSA) is 72.7 Å². The minimum atomic E-state index is -0.0594. The molecule has 8 heteroatoms.